The highest BCUT2D eigenvalue weighted by Crippen LogP contribution is 2.23. The van der Waals surface area contributed by atoms with Crippen LogP contribution in [-0.2, 0) is 10.0 Å². The average molecular weight is 289 g/mol. The lowest BCUT2D eigenvalue weighted by atomic mass is 10.3. The first-order valence-electron chi connectivity index (χ1n) is 5.59. The number of benzene rings is 1. The summed E-state index contributed by atoms with van der Waals surface area (Å²) in [6.45, 7) is 0. The second kappa shape index (κ2) is 5.19. The van der Waals surface area contributed by atoms with Gasteiger partial charge in [0.1, 0.15) is 22.4 Å². The third kappa shape index (κ3) is 2.55. The van der Waals surface area contributed by atoms with Crippen LogP contribution in [-0.4, -0.2) is 25.6 Å². The molecule has 1 N–H and O–H groups in total. The number of nitriles is 1. The number of rotatable bonds is 3. The van der Waals surface area contributed by atoms with Crippen molar-refractivity contribution >= 4 is 15.7 Å². The van der Waals surface area contributed by atoms with Gasteiger partial charge in [0.15, 0.2) is 0 Å². The molecule has 1 aromatic heterocycles. The monoisotopic (exact) mass is 289 g/mol. The van der Waals surface area contributed by atoms with Gasteiger partial charge in [0.2, 0.25) is 0 Å². The van der Waals surface area contributed by atoms with E-state index >= 15 is 0 Å². The first-order valence-corrected chi connectivity index (χ1v) is 7.03. The third-order valence-corrected chi connectivity index (χ3v) is 4.49. The summed E-state index contributed by atoms with van der Waals surface area (Å²) >= 11 is 0. The van der Waals surface area contributed by atoms with E-state index in [1.807, 2.05) is 6.07 Å². The Kier molecular flexibility index (Phi) is 3.59. The number of sulfonamides is 1. The maximum Gasteiger partial charge on any atom is 0.265 e. The predicted molar refractivity (Wildman–Crippen MR) is 72.6 cm³/mol. The van der Waals surface area contributed by atoms with Gasteiger partial charge in [-0.15, -0.1) is 0 Å². The zero-order valence-corrected chi connectivity index (χ0v) is 11.4. The van der Waals surface area contributed by atoms with E-state index in [1.54, 1.807) is 0 Å². The molecule has 0 aliphatic carbocycles. The van der Waals surface area contributed by atoms with E-state index in [-0.39, 0.29) is 16.3 Å². The molecule has 0 saturated heterocycles. The minimum absolute atomic E-state index is 0.00734. The number of nitrogens with zero attached hydrogens (tertiary/aromatic N) is 3. The van der Waals surface area contributed by atoms with Crippen molar-refractivity contribution in [3.05, 3.63) is 48.3 Å². The quantitative estimate of drug-likeness (QED) is 0.923. The number of phenols is 1. The molecule has 0 amide bonds. The third-order valence-electron chi connectivity index (χ3n) is 2.72. The Hall–Kier alpha value is -2.59. The minimum Gasteiger partial charge on any atom is -0.508 e. The zero-order chi connectivity index (χ0) is 14.8. The van der Waals surface area contributed by atoms with E-state index in [0.29, 0.717) is 5.69 Å². The van der Waals surface area contributed by atoms with E-state index < -0.39 is 10.0 Å². The van der Waals surface area contributed by atoms with E-state index in [4.69, 9.17) is 5.26 Å². The summed E-state index contributed by atoms with van der Waals surface area (Å²) in [4.78, 5) is 3.74. The van der Waals surface area contributed by atoms with Crippen molar-refractivity contribution in [3.63, 3.8) is 0 Å². The summed E-state index contributed by atoms with van der Waals surface area (Å²) in [5, 5.41) is 17.9. The highest BCUT2D eigenvalue weighted by Gasteiger charge is 2.21. The summed E-state index contributed by atoms with van der Waals surface area (Å²) in [7, 11) is -2.35. The van der Waals surface area contributed by atoms with Crippen molar-refractivity contribution in [2.45, 2.75) is 4.90 Å². The number of hydrogen-bond acceptors (Lipinski definition) is 5. The highest BCUT2D eigenvalue weighted by molar-refractivity contribution is 7.92. The summed E-state index contributed by atoms with van der Waals surface area (Å²) in [6.07, 6.45) is 1.14. The van der Waals surface area contributed by atoms with Crippen LogP contribution in [0.2, 0.25) is 0 Å². The van der Waals surface area contributed by atoms with Crippen LogP contribution < -0.4 is 4.31 Å². The van der Waals surface area contributed by atoms with Crippen molar-refractivity contribution in [1.29, 1.82) is 5.26 Å². The van der Waals surface area contributed by atoms with Gasteiger partial charge in [0, 0.05) is 13.2 Å². The number of hydrogen-bond donors (Lipinski definition) is 1. The lowest BCUT2D eigenvalue weighted by molar-refractivity contribution is 0.475. The van der Waals surface area contributed by atoms with Crippen LogP contribution in [0.25, 0.3) is 0 Å². The van der Waals surface area contributed by atoms with Gasteiger partial charge in [-0.1, -0.05) is 0 Å². The molecule has 0 aliphatic rings. The van der Waals surface area contributed by atoms with Gasteiger partial charge in [-0.3, -0.25) is 4.31 Å². The van der Waals surface area contributed by atoms with Crippen molar-refractivity contribution in [1.82, 2.24) is 4.98 Å². The molecule has 102 valence electrons. The Morgan fingerprint density at radius 1 is 1.20 bits per heavy atom. The van der Waals surface area contributed by atoms with Crippen LogP contribution >= 0.6 is 0 Å². The standard InChI is InChI=1S/C13H11N3O3S/c1-16(11-3-5-12(17)6-4-11)20(18,19)13-7-2-10(8-14)15-9-13/h2-7,9,17H,1H3. The molecule has 0 aliphatic heterocycles. The fourth-order valence-electron chi connectivity index (χ4n) is 1.56. The molecule has 6 nitrogen and oxygen atoms in total. The SMILES string of the molecule is CN(c1ccc(O)cc1)S(=O)(=O)c1ccc(C#N)nc1. The van der Waals surface area contributed by atoms with Gasteiger partial charge in [0.25, 0.3) is 10.0 Å². The summed E-state index contributed by atoms with van der Waals surface area (Å²) < 4.78 is 25.8. The molecule has 1 heterocycles. The molecule has 0 spiro atoms. The van der Waals surface area contributed by atoms with Gasteiger partial charge < -0.3 is 5.11 Å². The summed E-state index contributed by atoms with van der Waals surface area (Å²) in [6, 6.07) is 10.3. The van der Waals surface area contributed by atoms with Crippen LogP contribution in [0.15, 0.2) is 47.5 Å². The average Bonchev–Trinajstić information content (AvgIpc) is 2.47. The Balaban J connectivity index is 2.38. The fourth-order valence-corrected chi connectivity index (χ4v) is 2.70. The molecule has 0 bridgehead atoms. The van der Waals surface area contributed by atoms with Crippen molar-refractivity contribution in [3.8, 4) is 11.8 Å². The first-order chi connectivity index (χ1) is 9.45. The maximum atomic E-state index is 12.4. The topological polar surface area (TPSA) is 94.3 Å². The van der Waals surface area contributed by atoms with Gasteiger partial charge in [-0.25, -0.2) is 13.4 Å². The molecule has 0 fully saturated rings. The van der Waals surface area contributed by atoms with E-state index in [0.717, 1.165) is 10.5 Å². The lowest BCUT2D eigenvalue weighted by Gasteiger charge is -2.19. The molecular formula is C13H11N3O3S. The predicted octanol–water partition coefficient (Wildman–Crippen LogP) is 1.48. The van der Waals surface area contributed by atoms with Crippen molar-refractivity contribution < 1.29 is 13.5 Å². The van der Waals surface area contributed by atoms with Crippen LogP contribution in [0.1, 0.15) is 5.69 Å². The van der Waals surface area contributed by atoms with E-state index in [1.165, 1.54) is 43.4 Å². The molecule has 0 saturated carbocycles. The molecule has 0 unspecified atom stereocenters. The molecule has 0 atom stereocenters. The summed E-state index contributed by atoms with van der Waals surface area (Å²) in [5.41, 5.74) is 0.559. The highest BCUT2D eigenvalue weighted by atomic mass is 32.2. The lowest BCUT2D eigenvalue weighted by Crippen LogP contribution is -2.26. The summed E-state index contributed by atoms with van der Waals surface area (Å²) in [5.74, 6) is 0.0552. The fraction of sp³-hybridized carbons (Fsp3) is 0.0769. The van der Waals surface area contributed by atoms with Gasteiger partial charge >= 0.3 is 0 Å². The first kappa shape index (κ1) is 13.8. The number of anilines is 1. The van der Waals surface area contributed by atoms with Crippen LogP contribution in [0.3, 0.4) is 0 Å². The molecular weight excluding hydrogens is 278 g/mol. The van der Waals surface area contributed by atoms with Gasteiger partial charge in [-0.05, 0) is 36.4 Å². The Bertz CT molecular complexity index is 747. The Morgan fingerprint density at radius 3 is 2.35 bits per heavy atom. The number of phenolic OH excluding ortho intramolecular Hbond substituents is 1. The van der Waals surface area contributed by atoms with Gasteiger partial charge in [-0.2, -0.15) is 5.26 Å². The minimum atomic E-state index is -3.75. The second-order valence-corrected chi connectivity index (χ2v) is 5.95. The van der Waals surface area contributed by atoms with Gasteiger partial charge in [0.05, 0.1) is 5.69 Å². The molecule has 2 aromatic rings. The Labute approximate surface area is 116 Å². The van der Waals surface area contributed by atoms with E-state index in [9.17, 15) is 13.5 Å². The number of aromatic nitrogens is 1. The molecule has 0 radical (unpaired) electrons. The smallest absolute Gasteiger partial charge is 0.265 e. The van der Waals surface area contributed by atoms with E-state index in [2.05, 4.69) is 4.98 Å². The van der Waals surface area contributed by atoms with Crippen LogP contribution in [0, 0.1) is 11.3 Å². The Morgan fingerprint density at radius 2 is 1.85 bits per heavy atom. The normalized spacial score (nSPS) is 10.8. The molecule has 20 heavy (non-hydrogen) atoms. The number of pyridine rings is 1. The maximum absolute atomic E-state index is 12.4. The molecule has 7 heteroatoms. The molecule has 1 aromatic carbocycles. The largest absolute Gasteiger partial charge is 0.508 e. The number of aromatic hydroxyl groups is 1. The van der Waals surface area contributed by atoms with Crippen LogP contribution in [0.4, 0.5) is 5.69 Å². The zero-order valence-electron chi connectivity index (χ0n) is 10.6. The van der Waals surface area contributed by atoms with Crippen molar-refractivity contribution in [2.75, 3.05) is 11.4 Å². The van der Waals surface area contributed by atoms with Crippen LogP contribution in [0.5, 0.6) is 5.75 Å². The van der Waals surface area contributed by atoms with Crippen molar-refractivity contribution in [2.24, 2.45) is 0 Å². The molecule has 2 rings (SSSR count). The second-order valence-electron chi connectivity index (χ2n) is 3.98.